The van der Waals surface area contributed by atoms with Crippen LogP contribution >= 0.6 is 0 Å². The highest BCUT2D eigenvalue weighted by molar-refractivity contribution is 6.31. The van der Waals surface area contributed by atoms with Crippen LogP contribution in [-0.2, 0) is 0 Å². The van der Waals surface area contributed by atoms with Gasteiger partial charge in [-0.2, -0.15) is 5.10 Å². The van der Waals surface area contributed by atoms with Gasteiger partial charge in [0.1, 0.15) is 23.7 Å². The van der Waals surface area contributed by atoms with Crippen LogP contribution in [0, 0.1) is 5.92 Å². The largest absolute Gasteiger partial charge is 0.487 e. The minimum Gasteiger partial charge on any atom is -0.487 e. The molecule has 0 fully saturated rings. The van der Waals surface area contributed by atoms with Crippen molar-refractivity contribution >= 4 is 22.9 Å². The van der Waals surface area contributed by atoms with Gasteiger partial charge in [0.15, 0.2) is 0 Å². The van der Waals surface area contributed by atoms with Crippen LogP contribution in [-0.4, -0.2) is 36.8 Å². The molecule has 0 saturated heterocycles. The Labute approximate surface area is 139 Å². The Balaban J connectivity index is 1.93. The molecule has 2 rings (SSSR count). The number of nitrogens with zero attached hydrogens (tertiary/aromatic N) is 2. The fourth-order valence-electron chi connectivity index (χ4n) is 1.95. The minimum absolute atomic E-state index is 0.147. The Hall–Kier alpha value is -2.67. The van der Waals surface area contributed by atoms with Gasteiger partial charge in [-0.25, -0.2) is 4.79 Å². The van der Waals surface area contributed by atoms with Crippen molar-refractivity contribution in [1.82, 2.24) is 0 Å². The summed E-state index contributed by atoms with van der Waals surface area (Å²) in [6, 6.07) is 8.28. The molecule has 0 saturated carbocycles. The molecule has 3 N–H and O–H groups in total. The summed E-state index contributed by atoms with van der Waals surface area (Å²) in [6.07, 6.45) is 2.35. The molecule has 24 heavy (non-hydrogen) atoms. The maximum atomic E-state index is 11.2. The Kier molecular flexibility index (Phi) is 6.51. The van der Waals surface area contributed by atoms with Crippen LogP contribution in [0.25, 0.3) is 11.0 Å². The Morgan fingerprint density at radius 3 is 2.96 bits per heavy atom. The molecule has 128 valence electrons. The Bertz CT molecular complexity index is 783. The second kappa shape index (κ2) is 8.83. The zero-order chi connectivity index (χ0) is 17.4. The van der Waals surface area contributed by atoms with Gasteiger partial charge in [-0.3, -0.25) is 4.99 Å². The smallest absolute Gasteiger partial charge is 0.336 e. The van der Waals surface area contributed by atoms with Crippen molar-refractivity contribution in [3.8, 4) is 5.75 Å². The number of hydrogen-bond acceptors (Lipinski definition) is 7. The molecule has 7 heteroatoms. The molecular formula is C17H21N3O4. The zero-order valence-corrected chi connectivity index (χ0v) is 13.5. The number of aliphatic imine (C=N–C) groups is 1. The normalized spacial score (nSPS) is 13.5. The first-order valence-corrected chi connectivity index (χ1v) is 7.66. The number of fused-ring (bicyclic) bond motifs is 1. The first-order valence-electron chi connectivity index (χ1n) is 7.66. The number of hydrazone groups is 1. The minimum atomic E-state index is -0.409. The predicted molar refractivity (Wildman–Crippen MR) is 93.8 cm³/mol. The molecular weight excluding hydrogens is 310 g/mol. The summed E-state index contributed by atoms with van der Waals surface area (Å²) in [5.41, 5.74) is 0.534. The van der Waals surface area contributed by atoms with E-state index in [1.54, 1.807) is 30.5 Å². The Morgan fingerprint density at radius 1 is 1.42 bits per heavy atom. The molecule has 7 nitrogen and oxygen atoms in total. The van der Waals surface area contributed by atoms with Crippen LogP contribution < -0.4 is 16.2 Å². The molecule has 1 heterocycles. The second-order valence-corrected chi connectivity index (χ2v) is 5.47. The van der Waals surface area contributed by atoms with Gasteiger partial charge >= 0.3 is 5.63 Å². The SMILES string of the molecule is C[C@@H](CO)CCN=CC(COc1ccc2ccc(=O)oc2c1)=NN. The number of ether oxygens (including phenoxy) is 1. The van der Waals surface area contributed by atoms with Gasteiger partial charge in [-0.1, -0.05) is 6.92 Å². The quantitative estimate of drug-likeness (QED) is 0.330. The number of nitrogens with two attached hydrogens (primary N) is 1. The van der Waals surface area contributed by atoms with E-state index >= 15 is 0 Å². The van der Waals surface area contributed by atoms with Gasteiger partial charge in [0.2, 0.25) is 0 Å². The average molecular weight is 331 g/mol. The van der Waals surface area contributed by atoms with E-state index in [1.165, 1.54) is 6.07 Å². The van der Waals surface area contributed by atoms with Crippen molar-refractivity contribution in [2.75, 3.05) is 19.8 Å². The van der Waals surface area contributed by atoms with Crippen molar-refractivity contribution in [2.24, 2.45) is 21.9 Å². The second-order valence-electron chi connectivity index (χ2n) is 5.47. The van der Waals surface area contributed by atoms with E-state index in [0.29, 0.717) is 23.6 Å². The lowest BCUT2D eigenvalue weighted by Gasteiger charge is -2.06. The van der Waals surface area contributed by atoms with Crippen molar-refractivity contribution in [3.05, 3.63) is 40.8 Å². The van der Waals surface area contributed by atoms with E-state index in [4.69, 9.17) is 20.1 Å². The molecule has 0 amide bonds. The summed E-state index contributed by atoms with van der Waals surface area (Å²) in [7, 11) is 0. The van der Waals surface area contributed by atoms with Crippen molar-refractivity contribution in [1.29, 1.82) is 0 Å². The summed E-state index contributed by atoms with van der Waals surface area (Å²) in [4.78, 5) is 15.5. The van der Waals surface area contributed by atoms with E-state index in [2.05, 4.69) is 10.1 Å². The molecule has 0 radical (unpaired) electrons. The van der Waals surface area contributed by atoms with Crippen molar-refractivity contribution in [3.63, 3.8) is 0 Å². The van der Waals surface area contributed by atoms with Crippen LogP contribution in [0.3, 0.4) is 0 Å². The summed E-state index contributed by atoms with van der Waals surface area (Å²) < 4.78 is 10.7. The van der Waals surface area contributed by atoms with Crippen LogP contribution in [0.2, 0.25) is 0 Å². The van der Waals surface area contributed by atoms with Crippen LogP contribution in [0.1, 0.15) is 13.3 Å². The fourth-order valence-corrected chi connectivity index (χ4v) is 1.95. The lowest BCUT2D eigenvalue weighted by atomic mass is 10.1. The number of hydrogen-bond donors (Lipinski definition) is 2. The van der Waals surface area contributed by atoms with Crippen molar-refractivity contribution in [2.45, 2.75) is 13.3 Å². The molecule has 0 bridgehead atoms. The van der Waals surface area contributed by atoms with Gasteiger partial charge in [0, 0.05) is 36.9 Å². The van der Waals surface area contributed by atoms with Crippen LogP contribution in [0.4, 0.5) is 0 Å². The number of aliphatic hydroxyl groups is 1. The first-order chi connectivity index (χ1) is 11.6. The standard InChI is InChI=1S/C17H21N3O4/c1-12(10-21)6-7-19-9-14(20-18)11-23-15-4-2-13-3-5-17(22)24-16(13)8-15/h2-5,8-9,12,21H,6-7,10-11,18H2,1H3/t12-/m1/s1. The Morgan fingerprint density at radius 2 is 2.21 bits per heavy atom. The molecule has 0 aliphatic carbocycles. The van der Waals surface area contributed by atoms with Gasteiger partial charge in [-0.15, -0.1) is 0 Å². The lowest BCUT2D eigenvalue weighted by molar-refractivity contribution is 0.232. The maximum Gasteiger partial charge on any atom is 0.336 e. The first kappa shape index (κ1) is 17.7. The monoisotopic (exact) mass is 331 g/mol. The molecule has 0 spiro atoms. The molecule has 1 aromatic carbocycles. The van der Waals surface area contributed by atoms with E-state index in [0.717, 1.165) is 11.8 Å². The highest BCUT2D eigenvalue weighted by Crippen LogP contribution is 2.19. The number of rotatable bonds is 8. The predicted octanol–water partition coefficient (Wildman–Crippen LogP) is 1.58. The summed E-state index contributed by atoms with van der Waals surface area (Å²) in [6.45, 7) is 2.84. The molecule has 1 atom stereocenters. The van der Waals surface area contributed by atoms with E-state index in [9.17, 15) is 4.79 Å². The third kappa shape index (κ3) is 5.20. The number of aliphatic hydroxyl groups excluding tert-OH is 1. The van der Waals surface area contributed by atoms with Gasteiger partial charge in [-0.05, 0) is 30.5 Å². The fraction of sp³-hybridized carbons (Fsp3) is 0.353. The molecule has 1 aromatic heterocycles. The van der Waals surface area contributed by atoms with E-state index in [-0.39, 0.29) is 19.1 Å². The zero-order valence-electron chi connectivity index (χ0n) is 13.5. The highest BCUT2D eigenvalue weighted by Gasteiger charge is 2.03. The topological polar surface area (TPSA) is 110 Å². The summed E-state index contributed by atoms with van der Waals surface area (Å²) in [5, 5.41) is 13.4. The van der Waals surface area contributed by atoms with Crippen LogP contribution in [0.15, 0.2) is 49.6 Å². The highest BCUT2D eigenvalue weighted by atomic mass is 16.5. The summed E-state index contributed by atoms with van der Waals surface area (Å²) in [5.74, 6) is 6.09. The van der Waals surface area contributed by atoms with Gasteiger partial charge in [0.25, 0.3) is 0 Å². The van der Waals surface area contributed by atoms with Gasteiger partial charge < -0.3 is 20.1 Å². The third-order valence-electron chi connectivity index (χ3n) is 3.45. The van der Waals surface area contributed by atoms with E-state index in [1.807, 2.05) is 6.92 Å². The molecule has 0 aliphatic rings. The molecule has 2 aromatic rings. The average Bonchev–Trinajstić information content (AvgIpc) is 2.60. The molecule has 0 aliphatic heterocycles. The third-order valence-corrected chi connectivity index (χ3v) is 3.45. The lowest BCUT2D eigenvalue weighted by Crippen LogP contribution is -2.15. The van der Waals surface area contributed by atoms with Crippen molar-refractivity contribution < 1.29 is 14.3 Å². The van der Waals surface area contributed by atoms with Crippen LogP contribution in [0.5, 0.6) is 5.75 Å². The van der Waals surface area contributed by atoms with Gasteiger partial charge in [0.05, 0.1) is 0 Å². The van der Waals surface area contributed by atoms with E-state index < -0.39 is 5.63 Å². The molecule has 0 unspecified atom stereocenters. The maximum absolute atomic E-state index is 11.2. The number of benzene rings is 1. The summed E-state index contributed by atoms with van der Waals surface area (Å²) >= 11 is 0.